The lowest BCUT2D eigenvalue weighted by Crippen LogP contribution is -2.56. The van der Waals surface area contributed by atoms with Crippen LogP contribution in [0.15, 0.2) is 24.3 Å². The molecule has 3 fully saturated rings. The van der Waals surface area contributed by atoms with Crippen LogP contribution in [0.4, 0.5) is 5.69 Å². The number of amides is 3. The monoisotopic (exact) mass is 487 g/mol. The maximum atomic E-state index is 13.7. The van der Waals surface area contributed by atoms with Crippen molar-refractivity contribution in [3.05, 3.63) is 24.3 Å². The molecule has 3 heterocycles. The molecule has 0 radical (unpaired) electrons. The molecule has 1 aromatic rings. The largest absolute Gasteiger partial charge is 0.494 e. The number of carbonyl (C=O) groups is 3. The van der Waals surface area contributed by atoms with E-state index in [0.29, 0.717) is 31.0 Å². The van der Waals surface area contributed by atoms with Crippen molar-refractivity contribution in [2.75, 3.05) is 31.6 Å². The highest BCUT2D eigenvalue weighted by Gasteiger charge is 2.79. The third-order valence-electron chi connectivity index (χ3n) is 7.95. The van der Waals surface area contributed by atoms with Gasteiger partial charge in [-0.1, -0.05) is 20.3 Å². The Bertz CT molecular complexity index is 968. The van der Waals surface area contributed by atoms with Gasteiger partial charge in [-0.25, -0.2) is 0 Å². The molecular weight excluding hydrogens is 450 g/mol. The molecule has 0 saturated carbocycles. The molecule has 3 aliphatic rings. The molecule has 192 valence electrons. The summed E-state index contributed by atoms with van der Waals surface area (Å²) in [5.74, 6) is -1.79. The first-order valence-corrected chi connectivity index (χ1v) is 12.7. The number of benzene rings is 1. The summed E-state index contributed by atoms with van der Waals surface area (Å²) < 4.78 is 12.1. The fourth-order valence-corrected chi connectivity index (χ4v) is 6.29. The zero-order valence-electron chi connectivity index (χ0n) is 21.0. The molecular formula is C26H37N3O6. The fourth-order valence-electron chi connectivity index (χ4n) is 6.29. The lowest BCUT2D eigenvalue weighted by Gasteiger charge is -2.36. The summed E-state index contributed by atoms with van der Waals surface area (Å²) in [5.41, 5.74) is -1.39. The van der Waals surface area contributed by atoms with Crippen molar-refractivity contribution in [3.63, 3.8) is 0 Å². The van der Waals surface area contributed by atoms with Crippen LogP contribution in [-0.4, -0.2) is 71.3 Å². The number of rotatable bonds is 10. The summed E-state index contributed by atoms with van der Waals surface area (Å²) in [6, 6.07) is 6.20. The van der Waals surface area contributed by atoms with Gasteiger partial charge >= 0.3 is 0 Å². The third-order valence-corrected chi connectivity index (χ3v) is 7.95. The van der Waals surface area contributed by atoms with Gasteiger partial charge < -0.3 is 30.1 Å². The summed E-state index contributed by atoms with van der Waals surface area (Å²) >= 11 is 0. The third kappa shape index (κ3) is 4.08. The number of carbonyl (C=O) groups excluding carboxylic acids is 3. The van der Waals surface area contributed by atoms with Gasteiger partial charge in [0.25, 0.3) is 0 Å². The summed E-state index contributed by atoms with van der Waals surface area (Å²) in [5, 5.41) is 15.6. The zero-order chi connectivity index (χ0) is 25.4. The highest BCUT2D eigenvalue weighted by Crippen LogP contribution is 2.65. The Morgan fingerprint density at radius 2 is 1.94 bits per heavy atom. The van der Waals surface area contributed by atoms with Crippen molar-refractivity contribution in [3.8, 4) is 5.75 Å². The first-order chi connectivity index (χ1) is 16.7. The van der Waals surface area contributed by atoms with E-state index in [4.69, 9.17) is 9.47 Å². The van der Waals surface area contributed by atoms with Crippen LogP contribution in [0.2, 0.25) is 0 Å². The topological polar surface area (TPSA) is 117 Å². The summed E-state index contributed by atoms with van der Waals surface area (Å²) in [6.45, 7) is 8.62. The molecule has 0 aliphatic carbocycles. The minimum atomic E-state index is -1.10. The molecule has 2 bridgehead atoms. The molecule has 3 unspecified atom stereocenters. The number of hydrogen-bond acceptors (Lipinski definition) is 6. The standard InChI is InChI=1S/C26H37N3O6/c1-5-7-12-27-23(32)21-26-15-16(3)25(4,35-26)19(20(26)24(33)29(21)13-14-30)22(31)28-17-8-10-18(11-9-17)34-6-2/h8-11,16,19-21,30H,5-7,12-15H2,1-4H3,(H,27,32)(H,28,31)/t16?,19-,20-,21?,25+,26?/m0/s1. The summed E-state index contributed by atoms with van der Waals surface area (Å²) in [6.07, 6.45) is 2.25. The van der Waals surface area contributed by atoms with Gasteiger partial charge in [0.05, 0.1) is 30.7 Å². The van der Waals surface area contributed by atoms with Gasteiger partial charge in [-0.15, -0.1) is 0 Å². The van der Waals surface area contributed by atoms with Crippen molar-refractivity contribution < 1.29 is 29.0 Å². The van der Waals surface area contributed by atoms with Crippen LogP contribution < -0.4 is 15.4 Å². The molecule has 3 saturated heterocycles. The number of unbranched alkanes of at least 4 members (excludes halogenated alkanes) is 1. The molecule has 3 aliphatic heterocycles. The molecule has 3 amide bonds. The Morgan fingerprint density at radius 3 is 2.57 bits per heavy atom. The van der Waals surface area contributed by atoms with Gasteiger partial charge in [-0.05, 0) is 56.9 Å². The first-order valence-electron chi connectivity index (χ1n) is 12.7. The van der Waals surface area contributed by atoms with E-state index < -0.39 is 29.1 Å². The Labute approximate surface area is 206 Å². The van der Waals surface area contributed by atoms with Crippen molar-refractivity contribution >= 4 is 23.4 Å². The quantitative estimate of drug-likeness (QED) is 0.434. The molecule has 4 rings (SSSR count). The van der Waals surface area contributed by atoms with E-state index in [0.717, 1.165) is 12.8 Å². The van der Waals surface area contributed by atoms with E-state index in [1.807, 2.05) is 27.7 Å². The number of hydrogen-bond donors (Lipinski definition) is 3. The smallest absolute Gasteiger partial charge is 0.245 e. The number of fused-ring (bicyclic) bond motifs is 1. The fraction of sp³-hybridized carbons (Fsp3) is 0.654. The number of aliphatic hydroxyl groups excluding tert-OH is 1. The SMILES string of the molecule is CCCCNC(=O)C1N(CCO)C(=O)[C@@H]2[C@@H](C(=O)Nc3ccc(OCC)cc3)[C@]3(C)OC12CC3C. The van der Waals surface area contributed by atoms with Crippen LogP contribution in [-0.2, 0) is 19.1 Å². The molecule has 1 aromatic carbocycles. The molecule has 9 nitrogen and oxygen atoms in total. The van der Waals surface area contributed by atoms with Gasteiger partial charge in [0, 0.05) is 18.8 Å². The van der Waals surface area contributed by atoms with Gasteiger partial charge in [-0.3, -0.25) is 14.4 Å². The van der Waals surface area contributed by atoms with Crippen molar-refractivity contribution in [1.82, 2.24) is 10.2 Å². The predicted molar refractivity (Wildman–Crippen MR) is 130 cm³/mol. The molecule has 35 heavy (non-hydrogen) atoms. The van der Waals surface area contributed by atoms with Crippen LogP contribution in [0.25, 0.3) is 0 Å². The number of nitrogens with zero attached hydrogens (tertiary/aromatic N) is 1. The van der Waals surface area contributed by atoms with Gasteiger partial charge in [-0.2, -0.15) is 0 Å². The maximum absolute atomic E-state index is 13.7. The highest BCUT2D eigenvalue weighted by molar-refractivity contribution is 6.02. The molecule has 3 N–H and O–H groups in total. The maximum Gasteiger partial charge on any atom is 0.245 e. The highest BCUT2D eigenvalue weighted by atomic mass is 16.5. The second-order valence-corrected chi connectivity index (χ2v) is 10.1. The van der Waals surface area contributed by atoms with Crippen molar-refractivity contribution in [1.29, 1.82) is 0 Å². The van der Waals surface area contributed by atoms with Gasteiger partial charge in [0.2, 0.25) is 17.7 Å². The van der Waals surface area contributed by atoms with Crippen LogP contribution in [0.3, 0.4) is 0 Å². The van der Waals surface area contributed by atoms with E-state index >= 15 is 0 Å². The number of aliphatic hydroxyl groups is 1. The van der Waals surface area contributed by atoms with E-state index in [2.05, 4.69) is 10.6 Å². The number of ether oxygens (including phenoxy) is 2. The van der Waals surface area contributed by atoms with E-state index in [1.54, 1.807) is 24.3 Å². The number of anilines is 1. The average Bonchev–Trinajstić information content (AvgIpc) is 3.33. The molecule has 6 atom stereocenters. The Hall–Kier alpha value is -2.65. The summed E-state index contributed by atoms with van der Waals surface area (Å²) in [7, 11) is 0. The normalized spacial score (nSPS) is 33.1. The van der Waals surface area contributed by atoms with Crippen LogP contribution in [0, 0.1) is 17.8 Å². The van der Waals surface area contributed by atoms with Crippen molar-refractivity contribution in [2.24, 2.45) is 17.8 Å². The number of likely N-dealkylation sites (tertiary alicyclic amines) is 1. The number of nitrogens with one attached hydrogen (secondary N) is 2. The van der Waals surface area contributed by atoms with Gasteiger partial charge in [0.15, 0.2) is 0 Å². The Balaban J connectivity index is 1.65. The lowest BCUT2D eigenvalue weighted by molar-refractivity contribution is -0.146. The van der Waals surface area contributed by atoms with Crippen LogP contribution in [0.1, 0.15) is 47.0 Å². The van der Waals surface area contributed by atoms with Gasteiger partial charge in [0.1, 0.15) is 17.4 Å². The van der Waals surface area contributed by atoms with E-state index in [-0.39, 0.29) is 36.8 Å². The second-order valence-electron chi connectivity index (χ2n) is 10.1. The molecule has 1 spiro atoms. The minimum Gasteiger partial charge on any atom is -0.494 e. The Kier molecular flexibility index (Phi) is 7.11. The number of β-amino-alcohol motifs (C(OH)–C–C–N with tert-alkyl or cyclic N) is 1. The van der Waals surface area contributed by atoms with E-state index in [9.17, 15) is 19.5 Å². The van der Waals surface area contributed by atoms with E-state index in [1.165, 1.54) is 4.90 Å². The summed E-state index contributed by atoms with van der Waals surface area (Å²) in [4.78, 5) is 42.1. The molecule has 0 aromatic heterocycles. The lowest BCUT2D eigenvalue weighted by atomic mass is 9.62. The molecule has 9 heteroatoms. The van der Waals surface area contributed by atoms with Crippen molar-refractivity contribution in [2.45, 2.75) is 64.2 Å². The minimum absolute atomic E-state index is 0.0185. The average molecular weight is 488 g/mol. The van der Waals surface area contributed by atoms with Crippen LogP contribution >= 0.6 is 0 Å². The van der Waals surface area contributed by atoms with Crippen LogP contribution in [0.5, 0.6) is 5.75 Å². The predicted octanol–water partition coefficient (Wildman–Crippen LogP) is 1.94. The Morgan fingerprint density at radius 1 is 1.23 bits per heavy atom. The second kappa shape index (κ2) is 9.78. The zero-order valence-corrected chi connectivity index (χ0v) is 21.0. The first kappa shape index (κ1) is 25.4.